The minimum absolute atomic E-state index is 0.291. The van der Waals surface area contributed by atoms with Crippen LogP contribution in [0.4, 0.5) is 4.79 Å². The molecule has 17 heavy (non-hydrogen) atoms. The molecule has 2 rings (SSSR count). The van der Waals surface area contributed by atoms with Crippen LogP contribution in [0.1, 0.15) is 24.9 Å². The van der Waals surface area contributed by atoms with Crippen LogP contribution < -0.4 is 5.32 Å². The monoisotopic (exact) mass is 233 g/mol. The van der Waals surface area contributed by atoms with E-state index in [-0.39, 0.29) is 6.42 Å². The van der Waals surface area contributed by atoms with E-state index in [0.29, 0.717) is 0 Å². The van der Waals surface area contributed by atoms with Crippen LogP contribution in [0.15, 0.2) is 24.5 Å². The number of barbiturate groups is 1. The van der Waals surface area contributed by atoms with Gasteiger partial charge in [-0.25, -0.2) is 4.79 Å². The molecular formula is C11H11N3O3. The number of amides is 4. The molecule has 6 nitrogen and oxygen atoms in total. The van der Waals surface area contributed by atoms with Crippen molar-refractivity contribution in [1.82, 2.24) is 15.2 Å². The number of carbonyl (C=O) groups excluding carboxylic acids is 3. The van der Waals surface area contributed by atoms with Gasteiger partial charge in [0.05, 0.1) is 6.04 Å². The smallest absolute Gasteiger partial charge is 0.277 e. The number of nitrogens with zero attached hydrogens (tertiary/aromatic N) is 2. The fraction of sp³-hybridized carbons (Fsp3) is 0.273. The van der Waals surface area contributed by atoms with E-state index in [9.17, 15) is 14.4 Å². The molecule has 0 spiro atoms. The van der Waals surface area contributed by atoms with Gasteiger partial charge in [0.1, 0.15) is 6.42 Å². The summed E-state index contributed by atoms with van der Waals surface area (Å²) in [5, 5.41) is 2.12. The zero-order valence-corrected chi connectivity index (χ0v) is 9.21. The van der Waals surface area contributed by atoms with Crippen molar-refractivity contribution in [2.75, 3.05) is 0 Å². The first kappa shape index (κ1) is 11.3. The summed E-state index contributed by atoms with van der Waals surface area (Å²) < 4.78 is 0. The molecule has 1 fully saturated rings. The van der Waals surface area contributed by atoms with Crippen LogP contribution in [0.25, 0.3) is 0 Å². The van der Waals surface area contributed by atoms with E-state index < -0.39 is 23.9 Å². The Bertz CT molecular complexity index is 452. The molecule has 88 valence electrons. The number of hydrogen-bond acceptors (Lipinski definition) is 4. The Balaban J connectivity index is 2.25. The second kappa shape index (κ2) is 4.32. The summed E-state index contributed by atoms with van der Waals surface area (Å²) in [5.74, 6) is -1.04. The van der Waals surface area contributed by atoms with Crippen molar-refractivity contribution in [3.05, 3.63) is 30.1 Å². The molecule has 1 atom stereocenters. The summed E-state index contributed by atoms with van der Waals surface area (Å²) in [7, 11) is 0. The summed E-state index contributed by atoms with van der Waals surface area (Å²) in [6, 6.07) is 2.36. The third-order valence-electron chi connectivity index (χ3n) is 2.62. The fourth-order valence-corrected chi connectivity index (χ4v) is 1.74. The number of hydrogen-bond donors (Lipinski definition) is 1. The molecule has 0 aliphatic carbocycles. The molecule has 1 unspecified atom stereocenters. The van der Waals surface area contributed by atoms with Crippen molar-refractivity contribution in [3.63, 3.8) is 0 Å². The maximum absolute atomic E-state index is 11.7. The minimum Gasteiger partial charge on any atom is -0.277 e. The molecule has 0 bridgehead atoms. The van der Waals surface area contributed by atoms with Crippen LogP contribution in [-0.4, -0.2) is 27.7 Å². The maximum atomic E-state index is 11.7. The zero-order valence-electron chi connectivity index (χ0n) is 9.21. The van der Waals surface area contributed by atoms with Crippen molar-refractivity contribution < 1.29 is 14.4 Å². The second-order valence-electron chi connectivity index (χ2n) is 3.75. The first-order chi connectivity index (χ1) is 8.09. The molecule has 0 saturated carbocycles. The van der Waals surface area contributed by atoms with Crippen molar-refractivity contribution >= 4 is 17.8 Å². The molecule has 1 aliphatic rings. The van der Waals surface area contributed by atoms with Gasteiger partial charge in [-0.15, -0.1) is 0 Å². The molecule has 1 N–H and O–H groups in total. The quantitative estimate of drug-likeness (QED) is 0.759. The predicted molar refractivity (Wildman–Crippen MR) is 57.7 cm³/mol. The number of imide groups is 2. The lowest BCUT2D eigenvalue weighted by molar-refractivity contribution is -0.137. The van der Waals surface area contributed by atoms with Crippen LogP contribution >= 0.6 is 0 Å². The molecule has 6 heteroatoms. The predicted octanol–water partition coefficient (Wildman–Crippen LogP) is 0.611. The van der Waals surface area contributed by atoms with Gasteiger partial charge in [-0.2, -0.15) is 0 Å². The van der Waals surface area contributed by atoms with Gasteiger partial charge in [0.15, 0.2) is 0 Å². The van der Waals surface area contributed by atoms with Gasteiger partial charge < -0.3 is 0 Å². The molecule has 0 radical (unpaired) electrons. The van der Waals surface area contributed by atoms with Gasteiger partial charge in [-0.1, -0.05) is 0 Å². The third kappa shape index (κ3) is 2.15. The lowest BCUT2D eigenvalue weighted by Gasteiger charge is -2.30. The van der Waals surface area contributed by atoms with E-state index in [1.165, 1.54) is 0 Å². The molecule has 2 heterocycles. The highest BCUT2D eigenvalue weighted by Gasteiger charge is 2.34. The molecule has 1 aromatic rings. The summed E-state index contributed by atoms with van der Waals surface area (Å²) in [5.41, 5.74) is 0.790. The lowest BCUT2D eigenvalue weighted by atomic mass is 10.1. The highest BCUT2D eigenvalue weighted by molar-refractivity contribution is 6.14. The van der Waals surface area contributed by atoms with E-state index in [1.54, 1.807) is 31.5 Å². The van der Waals surface area contributed by atoms with E-state index in [2.05, 4.69) is 10.3 Å². The molecule has 1 aromatic heterocycles. The Labute approximate surface area is 97.6 Å². The second-order valence-corrected chi connectivity index (χ2v) is 3.75. The normalized spacial score (nSPS) is 17.9. The number of aromatic nitrogens is 1. The Hall–Kier alpha value is -2.24. The molecule has 0 aromatic carbocycles. The van der Waals surface area contributed by atoms with Gasteiger partial charge in [-0.05, 0) is 24.6 Å². The van der Waals surface area contributed by atoms with Crippen molar-refractivity contribution in [2.45, 2.75) is 19.4 Å². The van der Waals surface area contributed by atoms with Crippen LogP contribution in [0, 0.1) is 0 Å². The largest absolute Gasteiger partial charge is 0.331 e. The van der Waals surface area contributed by atoms with Gasteiger partial charge in [0.2, 0.25) is 11.8 Å². The Morgan fingerprint density at radius 3 is 2.53 bits per heavy atom. The topological polar surface area (TPSA) is 79.4 Å². The van der Waals surface area contributed by atoms with Gasteiger partial charge >= 0.3 is 6.03 Å². The molecular weight excluding hydrogens is 222 g/mol. The molecule has 1 saturated heterocycles. The average Bonchev–Trinajstić information content (AvgIpc) is 2.28. The number of rotatable bonds is 2. The first-order valence-electron chi connectivity index (χ1n) is 5.15. The summed E-state index contributed by atoms with van der Waals surface area (Å²) in [4.78, 5) is 39.2. The zero-order chi connectivity index (χ0) is 12.4. The standard InChI is InChI=1S/C11H11N3O3/c1-7(8-2-4-12-5-3-8)14-10(16)6-9(15)13-11(14)17/h2-5,7H,6H2,1H3,(H,13,15,17). The van der Waals surface area contributed by atoms with Crippen LogP contribution in [-0.2, 0) is 9.59 Å². The van der Waals surface area contributed by atoms with Crippen molar-refractivity contribution in [2.24, 2.45) is 0 Å². The summed E-state index contributed by atoms with van der Waals surface area (Å²) >= 11 is 0. The highest BCUT2D eigenvalue weighted by Crippen LogP contribution is 2.21. The maximum Gasteiger partial charge on any atom is 0.331 e. The van der Waals surface area contributed by atoms with Crippen LogP contribution in [0.3, 0.4) is 0 Å². The van der Waals surface area contributed by atoms with E-state index >= 15 is 0 Å². The molecule has 1 aliphatic heterocycles. The highest BCUT2D eigenvalue weighted by atomic mass is 16.2. The number of carbonyl (C=O) groups is 3. The van der Waals surface area contributed by atoms with Gasteiger partial charge in [-0.3, -0.25) is 24.8 Å². The summed E-state index contributed by atoms with van der Waals surface area (Å²) in [6.45, 7) is 1.72. The Kier molecular flexibility index (Phi) is 2.86. The van der Waals surface area contributed by atoms with E-state index in [4.69, 9.17) is 0 Å². The Morgan fingerprint density at radius 2 is 1.94 bits per heavy atom. The number of urea groups is 1. The lowest BCUT2D eigenvalue weighted by Crippen LogP contribution is -2.53. The van der Waals surface area contributed by atoms with E-state index in [1.807, 2.05) is 0 Å². The first-order valence-corrected chi connectivity index (χ1v) is 5.15. The Morgan fingerprint density at radius 1 is 1.29 bits per heavy atom. The van der Waals surface area contributed by atoms with Crippen molar-refractivity contribution in [1.29, 1.82) is 0 Å². The molecule has 4 amide bonds. The minimum atomic E-state index is -0.671. The van der Waals surface area contributed by atoms with Gasteiger partial charge in [0, 0.05) is 12.4 Å². The fourth-order valence-electron chi connectivity index (χ4n) is 1.74. The van der Waals surface area contributed by atoms with Crippen molar-refractivity contribution in [3.8, 4) is 0 Å². The van der Waals surface area contributed by atoms with Crippen LogP contribution in [0.2, 0.25) is 0 Å². The van der Waals surface area contributed by atoms with E-state index in [0.717, 1.165) is 10.5 Å². The number of pyridine rings is 1. The number of nitrogens with one attached hydrogen (secondary N) is 1. The third-order valence-corrected chi connectivity index (χ3v) is 2.62. The SMILES string of the molecule is CC(c1ccncc1)N1C(=O)CC(=O)NC1=O. The van der Waals surface area contributed by atoms with Gasteiger partial charge in [0.25, 0.3) is 0 Å². The van der Waals surface area contributed by atoms with Crippen LogP contribution in [0.5, 0.6) is 0 Å². The summed E-state index contributed by atoms with van der Waals surface area (Å²) in [6.07, 6.45) is 2.88. The average molecular weight is 233 g/mol.